The Hall–Kier alpha value is -3.81. The lowest BCUT2D eigenvalue weighted by atomic mass is 9.52. The van der Waals surface area contributed by atoms with Gasteiger partial charge in [-0.25, -0.2) is 23.8 Å². The van der Waals surface area contributed by atoms with Crippen LogP contribution in [0, 0.1) is 30.5 Å². The van der Waals surface area contributed by atoms with Gasteiger partial charge in [-0.2, -0.15) is 9.67 Å². The van der Waals surface area contributed by atoms with Crippen molar-refractivity contribution >= 4 is 35.6 Å². The van der Waals surface area contributed by atoms with E-state index in [1.807, 2.05) is 0 Å². The van der Waals surface area contributed by atoms with Gasteiger partial charge in [0.1, 0.15) is 16.8 Å². The first-order chi connectivity index (χ1) is 20.9. The highest BCUT2D eigenvalue weighted by atomic mass is 19.1. The number of carbonyl (C=O) groups is 3. The zero-order valence-corrected chi connectivity index (χ0v) is 27.1. The summed E-state index contributed by atoms with van der Waals surface area (Å²) in [6.45, 7) is 13.2. The molecule has 246 valence electrons. The molecule has 2 unspecified atom stereocenters. The molecule has 4 saturated carbocycles. The Morgan fingerprint density at radius 1 is 0.978 bits per heavy atom. The molecule has 2 aromatic heterocycles. The second kappa shape index (κ2) is 11.5. The number of halogens is 1. The van der Waals surface area contributed by atoms with Gasteiger partial charge in [0.15, 0.2) is 23.1 Å². The largest absolute Gasteiger partial charge is 0.461 e. The molecule has 45 heavy (non-hydrogen) atoms. The van der Waals surface area contributed by atoms with Crippen molar-refractivity contribution in [2.75, 3.05) is 17.2 Å². The number of carbonyl (C=O) groups excluding carboxylic acids is 3. The van der Waals surface area contributed by atoms with E-state index >= 15 is 4.39 Å². The predicted molar refractivity (Wildman–Crippen MR) is 161 cm³/mol. The quantitative estimate of drug-likeness (QED) is 0.273. The topological polar surface area (TPSA) is 167 Å². The van der Waals surface area contributed by atoms with Crippen molar-refractivity contribution in [2.45, 2.75) is 110 Å². The Balaban J connectivity index is 1.54. The molecule has 13 nitrogen and oxygen atoms in total. The SMILES string of the molecule is CCOC(=O)c1nc(NC2C3CC4CC2CC(O)(C4)C3)nc(Nc2nn(C(=O)OC(C)(C)C)c(C)c2C(=O)OC(C)(C)C)c1F. The number of nitrogens with one attached hydrogen (secondary N) is 2. The number of rotatable bonds is 7. The molecule has 2 atom stereocenters. The number of hydrogen-bond acceptors (Lipinski definition) is 12. The van der Waals surface area contributed by atoms with Gasteiger partial charge in [0.05, 0.1) is 17.9 Å². The molecule has 4 aliphatic rings. The second-order valence-electron chi connectivity index (χ2n) is 14.5. The number of esters is 2. The molecule has 4 aliphatic carbocycles. The van der Waals surface area contributed by atoms with E-state index in [-0.39, 0.29) is 47.5 Å². The van der Waals surface area contributed by atoms with Crippen LogP contribution < -0.4 is 10.6 Å². The molecule has 3 N–H and O–H groups in total. The maximum absolute atomic E-state index is 15.9. The van der Waals surface area contributed by atoms with Gasteiger partial charge < -0.3 is 30.0 Å². The molecular formula is C31H43FN6O7. The number of nitrogens with zero attached hydrogens (tertiary/aromatic N) is 4. The summed E-state index contributed by atoms with van der Waals surface area (Å²) >= 11 is 0. The fourth-order valence-electron chi connectivity index (χ4n) is 7.05. The normalized spacial score (nSPS) is 25.6. The average Bonchev–Trinajstić information content (AvgIpc) is 3.20. The first-order valence-corrected chi connectivity index (χ1v) is 15.4. The third-order valence-corrected chi connectivity index (χ3v) is 8.38. The fraction of sp³-hybridized carbons (Fsp3) is 0.677. The Kier molecular flexibility index (Phi) is 8.34. The Morgan fingerprint density at radius 2 is 1.60 bits per heavy atom. The van der Waals surface area contributed by atoms with Crippen LogP contribution in [0.1, 0.15) is 107 Å². The molecule has 0 spiro atoms. The molecule has 0 radical (unpaired) electrons. The summed E-state index contributed by atoms with van der Waals surface area (Å²) in [5.41, 5.74) is -3.09. The average molecular weight is 631 g/mol. The van der Waals surface area contributed by atoms with Crippen molar-refractivity contribution in [1.29, 1.82) is 0 Å². The molecule has 4 bridgehead atoms. The molecule has 6 rings (SSSR count). The monoisotopic (exact) mass is 630 g/mol. The van der Waals surface area contributed by atoms with E-state index in [0.29, 0.717) is 18.8 Å². The van der Waals surface area contributed by atoms with Crippen LogP contribution in [-0.2, 0) is 14.2 Å². The summed E-state index contributed by atoms with van der Waals surface area (Å²) in [6, 6.07) is -0.0823. The maximum Gasteiger partial charge on any atom is 0.435 e. The first kappa shape index (κ1) is 32.6. The van der Waals surface area contributed by atoms with Crippen LogP contribution in [0.2, 0.25) is 0 Å². The minimum atomic E-state index is -1.13. The number of hydrogen-bond donors (Lipinski definition) is 3. The summed E-state index contributed by atoms with van der Waals surface area (Å²) in [5, 5.41) is 21.3. The summed E-state index contributed by atoms with van der Waals surface area (Å²) in [5.74, 6) is -2.85. The van der Waals surface area contributed by atoms with Crippen LogP contribution in [0.15, 0.2) is 0 Å². The molecule has 0 amide bonds. The Bertz CT molecular complexity index is 1490. The smallest absolute Gasteiger partial charge is 0.435 e. The van der Waals surface area contributed by atoms with Gasteiger partial charge in [0.2, 0.25) is 5.95 Å². The van der Waals surface area contributed by atoms with E-state index in [1.54, 1.807) is 48.5 Å². The molecule has 14 heteroatoms. The molecule has 2 aromatic rings. The first-order valence-electron chi connectivity index (χ1n) is 15.4. The van der Waals surface area contributed by atoms with Crippen molar-refractivity contribution in [2.24, 2.45) is 17.8 Å². The second-order valence-corrected chi connectivity index (χ2v) is 14.5. The lowest BCUT2D eigenvalue weighted by Crippen LogP contribution is -2.59. The summed E-state index contributed by atoms with van der Waals surface area (Å²) in [6.07, 6.45) is 3.16. The van der Waals surface area contributed by atoms with E-state index in [4.69, 9.17) is 14.2 Å². The van der Waals surface area contributed by atoms with Crippen molar-refractivity contribution in [3.05, 3.63) is 22.8 Å². The maximum atomic E-state index is 15.9. The third-order valence-electron chi connectivity index (χ3n) is 8.38. The zero-order chi connectivity index (χ0) is 33.1. The summed E-state index contributed by atoms with van der Waals surface area (Å²) < 4.78 is 32.9. The number of ether oxygens (including phenoxy) is 3. The van der Waals surface area contributed by atoms with Gasteiger partial charge in [0.25, 0.3) is 0 Å². The predicted octanol–water partition coefficient (Wildman–Crippen LogP) is 5.13. The number of aromatic nitrogens is 4. The van der Waals surface area contributed by atoms with Gasteiger partial charge in [-0.3, -0.25) is 0 Å². The van der Waals surface area contributed by atoms with Gasteiger partial charge >= 0.3 is 18.0 Å². The Labute approximate surface area is 261 Å². The molecular weight excluding hydrogens is 587 g/mol. The highest BCUT2D eigenvalue weighted by Gasteiger charge is 2.55. The number of anilines is 3. The highest BCUT2D eigenvalue weighted by molar-refractivity contribution is 5.98. The standard InChI is InChI=1S/C31H43FN6O7/c1-9-43-26(40)22-20(32)24(36-27(34-22)33-21-17-10-16-11-18(21)14-31(42,12-16)13-17)35-23-19(25(39)44-29(3,4)5)15(2)38(37-23)28(41)45-30(6,7)8/h16-18,21,42H,9-14H2,1-8H3,(H2,33,34,35,36,37). The molecule has 0 aliphatic heterocycles. The molecule has 2 heterocycles. The number of aliphatic hydroxyl groups is 1. The molecule has 0 aromatic carbocycles. The van der Waals surface area contributed by atoms with Crippen molar-refractivity contribution in [3.63, 3.8) is 0 Å². The van der Waals surface area contributed by atoms with E-state index < -0.39 is 52.2 Å². The third kappa shape index (κ3) is 6.90. The lowest BCUT2D eigenvalue weighted by molar-refractivity contribution is -0.129. The van der Waals surface area contributed by atoms with Crippen LogP contribution in [-0.4, -0.2) is 72.3 Å². The fourth-order valence-corrected chi connectivity index (χ4v) is 7.05. The van der Waals surface area contributed by atoms with Crippen LogP contribution in [0.3, 0.4) is 0 Å². The van der Waals surface area contributed by atoms with E-state index in [9.17, 15) is 19.5 Å². The van der Waals surface area contributed by atoms with Crippen LogP contribution >= 0.6 is 0 Å². The van der Waals surface area contributed by atoms with Gasteiger partial charge in [0, 0.05) is 6.04 Å². The van der Waals surface area contributed by atoms with Gasteiger partial charge in [-0.15, -0.1) is 5.10 Å². The van der Waals surface area contributed by atoms with E-state index in [1.165, 1.54) is 6.92 Å². The summed E-state index contributed by atoms with van der Waals surface area (Å²) in [4.78, 5) is 47.7. The minimum Gasteiger partial charge on any atom is -0.461 e. The van der Waals surface area contributed by atoms with Crippen molar-refractivity contribution in [1.82, 2.24) is 19.7 Å². The highest BCUT2D eigenvalue weighted by Crippen LogP contribution is 2.56. The van der Waals surface area contributed by atoms with Gasteiger partial charge in [-0.1, -0.05) is 0 Å². The zero-order valence-electron chi connectivity index (χ0n) is 27.1. The minimum absolute atomic E-state index is 0.0111. The van der Waals surface area contributed by atoms with Crippen molar-refractivity contribution < 1.29 is 38.1 Å². The van der Waals surface area contributed by atoms with Crippen molar-refractivity contribution in [3.8, 4) is 0 Å². The summed E-state index contributed by atoms with van der Waals surface area (Å²) in [7, 11) is 0. The lowest BCUT2D eigenvalue weighted by Gasteiger charge is -2.58. The van der Waals surface area contributed by atoms with Crippen LogP contribution in [0.5, 0.6) is 0 Å². The molecule has 4 fully saturated rings. The molecule has 0 saturated heterocycles. The van der Waals surface area contributed by atoms with Gasteiger partial charge in [-0.05, 0) is 105 Å². The van der Waals surface area contributed by atoms with E-state index in [2.05, 4.69) is 25.7 Å². The van der Waals surface area contributed by atoms with E-state index in [0.717, 1.165) is 23.9 Å². The Morgan fingerprint density at radius 3 is 2.16 bits per heavy atom. The van der Waals surface area contributed by atoms with Crippen LogP contribution in [0.25, 0.3) is 0 Å². The van der Waals surface area contributed by atoms with Crippen LogP contribution in [0.4, 0.5) is 26.8 Å².